The quantitative estimate of drug-likeness (QED) is 0.561. The minimum atomic E-state index is 0.0241. The minimum absolute atomic E-state index is 0.0241. The van der Waals surface area contributed by atoms with Crippen LogP contribution in [0, 0.1) is 6.92 Å². The Hall–Kier alpha value is -0.850. The van der Waals surface area contributed by atoms with Crippen molar-refractivity contribution in [3.8, 4) is 0 Å². The molecule has 0 aliphatic carbocycles. The molecule has 1 nitrogen and oxygen atoms in total. The van der Waals surface area contributed by atoms with E-state index in [-0.39, 0.29) is 5.78 Å². The largest absolute Gasteiger partial charge is 0.300 e. The van der Waals surface area contributed by atoms with Crippen LogP contribution < -0.4 is 0 Å². The van der Waals surface area contributed by atoms with Gasteiger partial charge in [-0.1, -0.05) is 17.2 Å². The smallest absolute Gasteiger partial charge is 0.133 e. The lowest BCUT2D eigenvalue weighted by molar-refractivity contribution is -0.114. The Kier molecular flexibility index (Phi) is 7.09. The maximum Gasteiger partial charge on any atom is 0.133 e. The lowest BCUT2D eigenvalue weighted by Gasteiger charge is -2.01. The molecule has 0 aliphatic rings. The van der Waals surface area contributed by atoms with Gasteiger partial charge in [-0.3, -0.25) is 4.79 Å². The van der Waals surface area contributed by atoms with Crippen LogP contribution in [0.3, 0.4) is 0 Å². The fraction of sp³-hybridized carbons (Fsp3) is 0.538. The fourth-order valence-corrected chi connectivity index (χ4v) is 1.25. The van der Waals surface area contributed by atoms with Crippen molar-refractivity contribution >= 4 is 5.78 Å². The van der Waals surface area contributed by atoms with Crippen LogP contribution in [-0.4, -0.2) is 5.78 Å². The summed E-state index contributed by atoms with van der Waals surface area (Å²) >= 11 is 0. The second-order valence-corrected chi connectivity index (χ2v) is 3.94. The Morgan fingerprint density at radius 2 is 1.86 bits per heavy atom. The van der Waals surface area contributed by atoms with Gasteiger partial charge in [-0.25, -0.2) is 0 Å². The van der Waals surface area contributed by atoms with Crippen molar-refractivity contribution in [3.63, 3.8) is 0 Å². The number of rotatable bonds is 7. The molecule has 0 atom stereocenters. The highest BCUT2D eigenvalue weighted by Gasteiger charge is 1.93. The molecule has 1 radical (unpaired) electrons. The van der Waals surface area contributed by atoms with Gasteiger partial charge in [0, 0.05) is 13.3 Å². The summed E-state index contributed by atoms with van der Waals surface area (Å²) in [6, 6.07) is 0. The Morgan fingerprint density at radius 1 is 1.21 bits per heavy atom. The van der Waals surface area contributed by atoms with Crippen LogP contribution in [0.15, 0.2) is 23.8 Å². The zero-order valence-corrected chi connectivity index (χ0v) is 9.44. The number of hydrogen-bond acceptors (Lipinski definition) is 1. The third kappa shape index (κ3) is 9.24. The maximum absolute atomic E-state index is 10.6. The molecule has 0 aromatic rings. The molecular formula is C13H21O. The monoisotopic (exact) mass is 193 g/mol. The lowest BCUT2D eigenvalue weighted by Crippen LogP contribution is -1.88. The van der Waals surface area contributed by atoms with E-state index in [1.54, 1.807) is 0 Å². The summed E-state index contributed by atoms with van der Waals surface area (Å²) in [5, 5.41) is 0. The normalized spacial score (nSPS) is 11.5. The highest BCUT2D eigenvalue weighted by molar-refractivity contribution is 5.82. The Balaban J connectivity index is 3.56. The zero-order valence-electron chi connectivity index (χ0n) is 9.44. The minimum Gasteiger partial charge on any atom is -0.300 e. The molecule has 0 saturated heterocycles. The van der Waals surface area contributed by atoms with E-state index in [0.717, 1.165) is 25.7 Å². The molecule has 0 aliphatic heterocycles. The molecule has 0 fully saturated rings. The van der Waals surface area contributed by atoms with Crippen LogP contribution in [-0.2, 0) is 4.79 Å². The van der Waals surface area contributed by atoms with Crippen molar-refractivity contribution in [1.29, 1.82) is 0 Å². The first-order valence-electron chi connectivity index (χ1n) is 5.17. The van der Waals surface area contributed by atoms with Gasteiger partial charge in [-0.15, -0.1) is 6.58 Å². The van der Waals surface area contributed by atoms with Gasteiger partial charge in [0.2, 0.25) is 0 Å². The summed E-state index contributed by atoms with van der Waals surface area (Å²) in [6.45, 7) is 11.4. The summed E-state index contributed by atoms with van der Waals surface area (Å²) < 4.78 is 0. The van der Waals surface area contributed by atoms with Gasteiger partial charge in [0.25, 0.3) is 0 Å². The highest BCUT2D eigenvalue weighted by Crippen LogP contribution is 2.11. The van der Waals surface area contributed by atoms with Gasteiger partial charge in [0.05, 0.1) is 0 Å². The van der Waals surface area contributed by atoms with Gasteiger partial charge < -0.3 is 0 Å². The van der Waals surface area contributed by atoms with E-state index in [2.05, 4.69) is 33.4 Å². The van der Waals surface area contributed by atoms with Gasteiger partial charge in [-0.05, 0) is 39.5 Å². The van der Waals surface area contributed by atoms with Crippen molar-refractivity contribution in [3.05, 3.63) is 30.7 Å². The summed E-state index contributed by atoms with van der Waals surface area (Å²) in [5.41, 5.74) is 2.61. The molecule has 14 heavy (non-hydrogen) atoms. The van der Waals surface area contributed by atoms with Crippen LogP contribution in [0.2, 0.25) is 0 Å². The number of hydrogen-bond donors (Lipinski definition) is 0. The molecule has 0 bridgehead atoms. The summed E-state index contributed by atoms with van der Waals surface area (Å²) in [7, 11) is 0. The summed E-state index contributed by atoms with van der Waals surface area (Å²) in [6.07, 6.45) is 6.91. The van der Waals surface area contributed by atoms with E-state index < -0.39 is 0 Å². The summed E-state index contributed by atoms with van der Waals surface area (Å²) in [5.74, 6) is 0.0241. The molecule has 0 saturated carbocycles. The first-order valence-corrected chi connectivity index (χ1v) is 5.17. The van der Waals surface area contributed by atoms with E-state index in [9.17, 15) is 4.79 Å². The number of Topliss-reactive ketones (excluding diaryl/α,β-unsaturated/α-hetero) is 1. The highest BCUT2D eigenvalue weighted by atomic mass is 16.1. The van der Waals surface area contributed by atoms with Crippen molar-refractivity contribution in [1.82, 2.24) is 0 Å². The predicted octanol–water partition coefficient (Wildman–Crippen LogP) is 3.86. The molecule has 0 spiro atoms. The van der Waals surface area contributed by atoms with Crippen molar-refractivity contribution in [2.75, 3.05) is 0 Å². The Morgan fingerprint density at radius 3 is 2.36 bits per heavy atom. The molecule has 1 heteroatoms. The van der Waals surface area contributed by atoms with Crippen LogP contribution in [0.1, 0.15) is 46.0 Å². The maximum atomic E-state index is 10.6. The average Bonchev–Trinajstić information content (AvgIpc) is 2.02. The van der Waals surface area contributed by atoms with E-state index in [4.69, 9.17) is 0 Å². The van der Waals surface area contributed by atoms with Crippen LogP contribution in [0.5, 0.6) is 0 Å². The van der Waals surface area contributed by atoms with E-state index >= 15 is 0 Å². The van der Waals surface area contributed by atoms with E-state index in [1.807, 2.05) is 0 Å². The second-order valence-electron chi connectivity index (χ2n) is 3.94. The predicted molar refractivity (Wildman–Crippen MR) is 62.0 cm³/mol. The van der Waals surface area contributed by atoms with Gasteiger partial charge in [-0.2, -0.15) is 0 Å². The second kappa shape index (κ2) is 7.54. The van der Waals surface area contributed by atoms with Crippen molar-refractivity contribution in [2.24, 2.45) is 0 Å². The zero-order chi connectivity index (χ0) is 11.0. The van der Waals surface area contributed by atoms with Crippen LogP contribution in [0.4, 0.5) is 0 Å². The molecule has 0 unspecified atom stereocenters. The third-order valence-corrected chi connectivity index (χ3v) is 2.09. The molecule has 0 N–H and O–H groups in total. The summed E-state index contributed by atoms with van der Waals surface area (Å²) in [4.78, 5) is 10.6. The van der Waals surface area contributed by atoms with E-state index in [1.165, 1.54) is 11.1 Å². The Bertz CT molecular complexity index is 223. The molecule has 0 aromatic heterocycles. The molecule has 0 amide bonds. The van der Waals surface area contributed by atoms with Gasteiger partial charge in [0.15, 0.2) is 0 Å². The molecule has 0 heterocycles. The number of ketones is 1. The fourth-order valence-electron chi connectivity index (χ4n) is 1.25. The first-order chi connectivity index (χ1) is 6.52. The SMILES string of the molecule is [CH2]C(=O)CCC=C(C)CCCC(=C)C. The van der Waals surface area contributed by atoms with Crippen molar-refractivity contribution < 1.29 is 4.79 Å². The topological polar surface area (TPSA) is 17.1 Å². The van der Waals surface area contributed by atoms with Crippen LogP contribution >= 0.6 is 0 Å². The molecule has 0 rings (SSSR count). The molecular weight excluding hydrogens is 172 g/mol. The molecule has 79 valence electrons. The van der Waals surface area contributed by atoms with Crippen molar-refractivity contribution in [2.45, 2.75) is 46.0 Å². The average molecular weight is 193 g/mol. The van der Waals surface area contributed by atoms with Gasteiger partial charge in [0.1, 0.15) is 5.78 Å². The number of carbonyl (C=O) groups excluding carboxylic acids is 1. The van der Waals surface area contributed by atoms with E-state index in [0.29, 0.717) is 6.42 Å². The van der Waals surface area contributed by atoms with Crippen LogP contribution in [0.25, 0.3) is 0 Å². The number of carbonyl (C=O) groups is 1. The Labute approximate surface area is 87.9 Å². The standard InChI is InChI=1S/C13H21O/c1-11(2)7-5-8-12(3)9-6-10-13(4)14/h9H,1,4-8,10H2,2-3H3. The number of allylic oxidation sites excluding steroid dienone is 3. The van der Waals surface area contributed by atoms with Gasteiger partial charge >= 0.3 is 0 Å². The molecule has 0 aromatic carbocycles. The lowest BCUT2D eigenvalue weighted by atomic mass is 10.1. The third-order valence-electron chi connectivity index (χ3n) is 2.09. The first kappa shape index (κ1) is 13.2.